The SMILES string of the molecule is CC/C=C\C/C=C\C/C=C\C/C=C\CCCOCC(COC(=O)CCCCCCC/C=C\CCCCCCCC)OC(=O)CCCCCCC/C=C\CCCC. The second kappa shape index (κ2) is 46.7. The number of carbonyl (C=O) groups excluding carboxylic acids is 2. The Labute approximate surface area is 347 Å². The maximum Gasteiger partial charge on any atom is 0.306 e. The molecule has 0 rings (SSSR count). The van der Waals surface area contributed by atoms with Crippen molar-refractivity contribution < 1.29 is 23.8 Å². The van der Waals surface area contributed by atoms with Gasteiger partial charge in [0, 0.05) is 19.4 Å². The van der Waals surface area contributed by atoms with E-state index in [1.165, 1.54) is 89.9 Å². The fraction of sp³-hybridized carbons (Fsp3) is 0.725. The van der Waals surface area contributed by atoms with Gasteiger partial charge >= 0.3 is 11.9 Å². The van der Waals surface area contributed by atoms with Crippen LogP contribution in [-0.2, 0) is 23.8 Å². The van der Waals surface area contributed by atoms with Gasteiger partial charge < -0.3 is 14.2 Å². The molecule has 0 aliphatic heterocycles. The van der Waals surface area contributed by atoms with Crippen molar-refractivity contribution in [3.63, 3.8) is 0 Å². The summed E-state index contributed by atoms with van der Waals surface area (Å²) in [5.41, 5.74) is 0. The van der Waals surface area contributed by atoms with E-state index in [9.17, 15) is 9.59 Å². The first-order valence-corrected chi connectivity index (χ1v) is 23.5. The summed E-state index contributed by atoms with van der Waals surface area (Å²) in [7, 11) is 0. The van der Waals surface area contributed by atoms with Crippen molar-refractivity contribution in [2.45, 2.75) is 219 Å². The summed E-state index contributed by atoms with van der Waals surface area (Å²) in [4.78, 5) is 25.2. The Morgan fingerprint density at radius 3 is 1.36 bits per heavy atom. The first-order valence-electron chi connectivity index (χ1n) is 23.5. The lowest BCUT2D eigenvalue weighted by Crippen LogP contribution is -2.30. The topological polar surface area (TPSA) is 61.8 Å². The van der Waals surface area contributed by atoms with E-state index in [4.69, 9.17) is 14.2 Å². The number of rotatable bonds is 42. The first kappa shape index (κ1) is 53.3. The van der Waals surface area contributed by atoms with Crippen LogP contribution in [0.1, 0.15) is 213 Å². The average molecular weight is 781 g/mol. The second-order valence-electron chi connectivity index (χ2n) is 15.3. The molecule has 0 aromatic rings. The third-order valence-corrected chi connectivity index (χ3v) is 9.70. The van der Waals surface area contributed by atoms with Gasteiger partial charge in [-0.25, -0.2) is 0 Å². The largest absolute Gasteiger partial charge is 0.462 e. The smallest absolute Gasteiger partial charge is 0.306 e. The fourth-order valence-electron chi connectivity index (χ4n) is 6.19. The number of hydrogen-bond donors (Lipinski definition) is 0. The molecule has 0 amide bonds. The molecular formula is C51H88O5. The maximum absolute atomic E-state index is 12.7. The standard InChI is InChI=1S/C51H88O5/c1-4-7-10-13-16-19-22-24-26-27-30-32-35-38-41-44-50(52)55-48-49(56-51(53)45-42-39-36-33-29-21-18-15-12-9-6-3)47-54-46-43-40-37-34-31-28-25-23-20-17-14-11-8-5-2/h8,11,15,17-18,20,24-26,28,34,37,49H,4-7,9-10,12-14,16,19,21-23,27,29-33,35-36,38-48H2,1-3H3/b11-8-,18-15-,20-17-,26-24-,28-25-,37-34-. The third kappa shape index (κ3) is 44.1. The lowest BCUT2D eigenvalue weighted by Gasteiger charge is -2.18. The lowest BCUT2D eigenvalue weighted by molar-refractivity contribution is -0.163. The Morgan fingerprint density at radius 2 is 0.821 bits per heavy atom. The van der Waals surface area contributed by atoms with Crippen LogP contribution in [0.25, 0.3) is 0 Å². The summed E-state index contributed by atoms with van der Waals surface area (Å²) in [6.07, 6.45) is 59.1. The monoisotopic (exact) mass is 781 g/mol. The van der Waals surface area contributed by atoms with Crippen molar-refractivity contribution in [1.82, 2.24) is 0 Å². The molecule has 5 nitrogen and oxygen atoms in total. The second-order valence-corrected chi connectivity index (χ2v) is 15.3. The summed E-state index contributed by atoms with van der Waals surface area (Å²) in [6.45, 7) is 7.51. The molecule has 0 aromatic carbocycles. The number of ether oxygens (including phenoxy) is 3. The molecule has 0 aliphatic carbocycles. The molecule has 1 atom stereocenters. The molecule has 0 aromatic heterocycles. The van der Waals surface area contributed by atoms with Crippen molar-refractivity contribution in [3.8, 4) is 0 Å². The van der Waals surface area contributed by atoms with E-state index in [0.29, 0.717) is 19.4 Å². The molecule has 0 bridgehead atoms. The average Bonchev–Trinajstić information content (AvgIpc) is 3.20. The molecule has 0 saturated carbocycles. The van der Waals surface area contributed by atoms with Crippen molar-refractivity contribution >= 4 is 11.9 Å². The molecule has 0 spiro atoms. The zero-order chi connectivity index (χ0) is 40.7. The minimum absolute atomic E-state index is 0.0539. The predicted molar refractivity (Wildman–Crippen MR) is 242 cm³/mol. The molecular weight excluding hydrogens is 693 g/mol. The first-order chi connectivity index (χ1) is 27.6. The van der Waals surface area contributed by atoms with Gasteiger partial charge in [-0.2, -0.15) is 0 Å². The Hall–Kier alpha value is -2.66. The third-order valence-electron chi connectivity index (χ3n) is 9.70. The van der Waals surface area contributed by atoms with Crippen molar-refractivity contribution in [2.24, 2.45) is 0 Å². The summed E-state index contributed by atoms with van der Waals surface area (Å²) in [5, 5.41) is 0. The van der Waals surface area contributed by atoms with Crippen LogP contribution < -0.4 is 0 Å². The van der Waals surface area contributed by atoms with Gasteiger partial charge in [0.05, 0.1) is 6.61 Å². The van der Waals surface area contributed by atoms with Crippen LogP contribution in [0.3, 0.4) is 0 Å². The molecule has 322 valence electrons. The normalized spacial score (nSPS) is 12.8. The van der Waals surface area contributed by atoms with E-state index in [-0.39, 0.29) is 25.2 Å². The van der Waals surface area contributed by atoms with Crippen LogP contribution >= 0.6 is 0 Å². The Kier molecular flexibility index (Phi) is 44.5. The summed E-state index contributed by atoms with van der Waals surface area (Å²) >= 11 is 0. The van der Waals surface area contributed by atoms with E-state index in [1.54, 1.807) is 0 Å². The van der Waals surface area contributed by atoms with E-state index < -0.39 is 6.10 Å². The number of hydrogen-bond acceptors (Lipinski definition) is 5. The van der Waals surface area contributed by atoms with Gasteiger partial charge in [0.2, 0.25) is 0 Å². The number of carbonyl (C=O) groups is 2. The zero-order valence-electron chi connectivity index (χ0n) is 36.9. The molecule has 0 aliphatic rings. The van der Waals surface area contributed by atoms with Gasteiger partial charge in [0.25, 0.3) is 0 Å². The molecule has 0 N–H and O–H groups in total. The highest BCUT2D eigenvalue weighted by Gasteiger charge is 2.17. The Morgan fingerprint density at radius 1 is 0.411 bits per heavy atom. The number of unbranched alkanes of at least 4 members (excludes halogenated alkanes) is 19. The highest BCUT2D eigenvalue weighted by atomic mass is 16.6. The van der Waals surface area contributed by atoms with Crippen LogP contribution in [0.2, 0.25) is 0 Å². The number of esters is 2. The molecule has 56 heavy (non-hydrogen) atoms. The van der Waals surface area contributed by atoms with Gasteiger partial charge in [-0.3, -0.25) is 9.59 Å². The zero-order valence-corrected chi connectivity index (χ0v) is 36.9. The molecule has 1 unspecified atom stereocenters. The Balaban J connectivity index is 4.35. The van der Waals surface area contributed by atoms with E-state index >= 15 is 0 Å². The molecule has 5 heteroatoms. The van der Waals surface area contributed by atoms with Crippen LogP contribution in [0.4, 0.5) is 0 Å². The van der Waals surface area contributed by atoms with Crippen molar-refractivity contribution in [2.75, 3.05) is 19.8 Å². The quantitative estimate of drug-likeness (QED) is 0.0351. The lowest BCUT2D eigenvalue weighted by atomic mass is 10.1. The van der Waals surface area contributed by atoms with Crippen molar-refractivity contribution in [3.05, 3.63) is 72.9 Å². The van der Waals surface area contributed by atoms with Gasteiger partial charge in [-0.15, -0.1) is 0 Å². The molecule has 0 radical (unpaired) electrons. The van der Waals surface area contributed by atoms with E-state index in [2.05, 4.69) is 93.7 Å². The van der Waals surface area contributed by atoms with Gasteiger partial charge in [0.15, 0.2) is 6.10 Å². The van der Waals surface area contributed by atoms with E-state index in [0.717, 1.165) is 89.9 Å². The minimum Gasteiger partial charge on any atom is -0.462 e. The van der Waals surface area contributed by atoms with Crippen molar-refractivity contribution in [1.29, 1.82) is 0 Å². The number of allylic oxidation sites excluding steroid dienone is 12. The predicted octanol–water partition coefficient (Wildman–Crippen LogP) is 15.6. The maximum atomic E-state index is 12.7. The van der Waals surface area contributed by atoms with Gasteiger partial charge in [-0.05, 0) is 96.3 Å². The highest BCUT2D eigenvalue weighted by molar-refractivity contribution is 5.70. The molecule has 0 fully saturated rings. The summed E-state index contributed by atoms with van der Waals surface area (Å²) < 4.78 is 17.2. The molecule has 0 saturated heterocycles. The highest BCUT2D eigenvalue weighted by Crippen LogP contribution is 2.12. The molecule has 0 heterocycles. The van der Waals surface area contributed by atoms with Gasteiger partial charge in [0.1, 0.15) is 6.61 Å². The van der Waals surface area contributed by atoms with Crippen LogP contribution in [0.15, 0.2) is 72.9 Å². The van der Waals surface area contributed by atoms with Crippen LogP contribution in [0, 0.1) is 0 Å². The fourth-order valence-corrected chi connectivity index (χ4v) is 6.19. The van der Waals surface area contributed by atoms with Crippen LogP contribution in [-0.4, -0.2) is 37.9 Å². The minimum atomic E-state index is -0.572. The van der Waals surface area contributed by atoms with E-state index in [1.807, 2.05) is 0 Å². The Bertz CT molecular complexity index is 1020. The summed E-state index contributed by atoms with van der Waals surface area (Å²) in [5.74, 6) is -0.450. The van der Waals surface area contributed by atoms with Crippen LogP contribution in [0.5, 0.6) is 0 Å². The van der Waals surface area contributed by atoms with Gasteiger partial charge in [-0.1, -0.05) is 177 Å². The summed E-state index contributed by atoms with van der Waals surface area (Å²) in [6, 6.07) is 0.